The summed E-state index contributed by atoms with van der Waals surface area (Å²) in [7, 11) is 1.66. The predicted molar refractivity (Wildman–Crippen MR) is 121 cm³/mol. The van der Waals surface area contributed by atoms with Gasteiger partial charge in [-0.1, -0.05) is 30.3 Å². The highest BCUT2D eigenvalue weighted by atomic mass is 32.1. The van der Waals surface area contributed by atoms with Crippen molar-refractivity contribution in [1.29, 1.82) is 0 Å². The number of ether oxygens (including phenoxy) is 2. The minimum atomic E-state index is -0.129. The zero-order valence-corrected chi connectivity index (χ0v) is 17.6. The maximum atomic E-state index is 12.6. The molecule has 3 aromatic rings. The van der Waals surface area contributed by atoms with Gasteiger partial charge >= 0.3 is 0 Å². The summed E-state index contributed by atoms with van der Waals surface area (Å²) in [5.41, 5.74) is 3.58. The summed E-state index contributed by atoms with van der Waals surface area (Å²) in [4.78, 5) is 13.5. The van der Waals surface area contributed by atoms with Gasteiger partial charge in [-0.2, -0.15) is 0 Å². The highest BCUT2D eigenvalue weighted by Gasteiger charge is 2.23. The normalized spacial score (nSPS) is 14.9. The van der Waals surface area contributed by atoms with E-state index in [9.17, 15) is 4.79 Å². The molecule has 30 heavy (non-hydrogen) atoms. The van der Waals surface area contributed by atoms with Crippen LogP contribution in [-0.2, 0) is 6.54 Å². The fourth-order valence-corrected chi connectivity index (χ4v) is 3.68. The predicted octanol–water partition coefficient (Wildman–Crippen LogP) is 4.85. The summed E-state index contributed by atoms with van der Waals surface area (Å²) in [5, 5.41) is 6.50. The lowest BCUT2D eigenvalue weighted by molar-refractivity contribution is 0.0950. The van der Waals surface area contributed by atoms with Gasteiger partial charge in [-0.05, 0) is 42.0 Å². The van der Waals surface area contributed by atoms with Crippen molar-refractivity contribution < 1.29 is 14.3 Å². The quantitative estimate of drug-likeness (QED) is 0.499. The van der Waals surface area contributed by atoms with Crippen LogP contribution in [0.2, 0.25) is 0 Å². The van der Waals surface area contributed by atoms with Crippen molar-refractivity contribution in [2.24, 2.45) is 0 Å². The summed E-state index contributed by atoms with van der Waals surface area (Å²) in [6, 6.07) is 21.3. The van der Waals surface area contributed by atoms with Crippen LogP contribution in [0.5, 0.6) is 11.5 Å². The monoisotopic (exact) mass is 420 g/mol. The first-order valence-corrected chi connectivity index (χ1v) is 10.3. The Kier molecular flexibility index (Phi) is 6.14. The Labute approximate surface area is 181 Å². The van der Waals surface area contributed by atoms with Crippen LogP contribution in [0.25, 0.3) is 0 Å². The van der Waals surface area contributed by atoms with E-state index in [1.165, 1.54) is 0 Å². The van der Waals surface area contributed by atoms with Gasteiger partial charge in [-0.3, -0.25) is 4.79 Å². The number of anilines is 1. The van der Waals surface area contributed by atoms with E-state index < -0.39 is 0 Å². The summed E-state index contributed by atoms with van der Waals surface area (Å²) in [6.07, 6.45) is 0.831. The standard InChI is InChI=1S/C24H24N2O3S/c1-28-22-5-3-2-4-21(22)26-20-12-13-29-23-14-17(8-11-19(20)23)24(27)25-15-16-6-9-18(30)10-7-16/h2-11,14,20,26,30H,12-13,15H2,1H3,(H,25,27). The Hall–Kier alpha value is -3.12. The Morgan fingerprint density at radius 3 is 2.73 bits per heavy atom. The van der Waals surface area contributed by atoms with Crippen molar-refractivity contribution >= 4 is 24.2 Å². The second-order valence-corrected chi connectivity index (χ2v) is 7.65. The van der Waals surface area contributed by atoms with Crippen LogP contribution in [0.4, 0.5) is 5.69 Å². The second-order valence-electron chi connectivity index (χ2n) is 7.14. The van der Waals surface area contributed by atoms with E-state index in [1.54, 1.807) is 7.11 Å². The maximum absolute atomic E-state index is 12.6. The van der Waals surface area contributed by atoms with Gasteiger partial charge in [-0.15, -0.1) is 12.6 Å². The van der Waals surface area contributed by atoms with Crippen molar-refractivity contribution in [1.82, 2.24) is 5.32 Å². The molecule has 0 bridgehead atoms. The van der Waals surface area contributed by atoms with Gasteiger partial charge in [0, 0.05) is 29.0 Å². The molecule has 5 nitrogen and oxygen atoms in total. The number of nitrogens with one attached hydrogen (secondary N) is 2. The molecule has 0 aliphatic carbocycles. The van der Waals surface area contributed by atoms with E-state index in [0.717, 1.165) is 39.6 Å². The molecule has 1 atom stereocenters. The fourth-order valence-electron chi connectivity index (χ4n) is 3.53. The molecule has 1 aliphatic rings. The summed E-state index contributed by atoms with van der Waals surface area (Å²) in [5.74, 6) is 1.41. The van der Waals surface area contributed by atoms with E-state index >= 15 is 0 Å². The largest absolute Gasteiger partial charge is 0.495 e. The number of hydrogen-bond acceptors (Lipinski definition) is 5. The third-order valence-corrected chi connectivity index (χ3v) is 5.44. The first-order chi connectivity index (χ1) is 14.6. The maximum Gasteiger partial charge on any atom is 0.251 e. The summed E-state index contributed by atoms with van der Waals surface area (Å²) >= 11 is 4.28. The molecule has 2 N–H and O–H groups in total. The third-order valence-electron chi connectivity index (χ3n) is 5.14. The molecule has 0 aromatic heterocycles. The van der Waals surface area contributed by atoms with Gasteiger partial charge in [0.2, 0.25) is 0 Å². The number of carbonyl (C=O) groups is 1. The molecule has 4 rings (SSSR count). The molecule has 0 spiro atoms. The topological polar surface area (TPSA) is 59.6 Å². The number of para-hydroxylation sites is 2. The first-order valence-electron chi connectivity index (χ1n) is 9.86. The molecule has 1 amide bonds. The average Bonchev–Trinajstić information content (AvgIpc) is 2.78. The van der Waals surface area contributed by atoms with E-state index in [2.05, 4.69) is 23.3 Å². The Morgan fingerprint density at radius 2 is 1.93 bits per heavy atom. The number of carbonyl (C=O) groups excluding carboxylic acids is 1. The lowest BCUT2D eigenvalue weighted by Gasteiger charge is -2.28. The Balaban J connectivity index is 1.47. The number of methoxy groups -OCH3 is 1. The van der Waals surface area contributed by atoms with E-state index in [-0.39, 0.29) is 11.9 Å². The minimum absolute atomic E-state index is 0.0851. The molecular weight excluding hydrogens is 396 g/mol. The van der Waals surface area contributed by atoms with Crippen molar-refractivity contribution in [3.63, 3.8) is 0 Å². The van der Waals surface area contributed by atoms with E-state index in [1.807, 2.05) is 66.7 Å². The molecule has 1 aliphatic heterocycles. The van der Waals surface area contributed by atoms with Crippen LogP contribution in [0, 0.1) is 0 Å². The summed E-state index contributed by atoms with van der Waals surface area (Å²) in [6.45, 7) is 1.05. The van der Waals surface area contributed by atoms with Crippen LogP contribution in [0.15, 0.2) is 71.6 Å². The van der Waals surface area contributed by atoms with Crippen molar-refractivity contribution in [3.8, 4) is 11.5 Å². The number of fused-ring (bicyclic) bond motifs is 1. The molecule has 0 saturated heterocycles. The van der Waals surface area contributed by atoms with Crippen LogP contribution < -0.4 is 20.1 Å². The molecule has 1 heterocycles. The van der Waals surface area contributed by atoms with Crippen LogP contribution in [0.1, 0.15) is 33.9 Å². The Bertz CT molecular complexity index is 1040. The van der Waals surface area contributed by atoms with Gasteiger partial charge in [0.25, 0.3) is 5.91 Å². The molecule has 154 valence electrons. The lowest BCUT2D eigenvalue weighted by atomic mass is 9.98. The molecule has 3 aromatic carbocycles. The van der Waals surface area contributed by atoms with Gasteiger partial charge < -0.3 is 20.1 Å². The molecule has 0 radical (unpaired) electrons. The number of hydrogen-bond donors (Lipinski definition) is 3. The zero-order valence-electron chi connectivity index (χ0n) is 16.7. The average molecular weight is 421 g/mol. The van der Waals surface area contributed by atoms with Gasteiger partial charge in [-0.25, -0.2) is 0 Å². The van der Waals surface area contributed by atoms with Gasteiger partial charge in [0.15, 0.2) is 0 Å². The smallest absolute Gasteiger partial charge is 0.251 e. The lowest BCUT2D eigenvalue weighted by Crippen LogP contribution is -2.24. The minimum Gasteiger partial charge on any atom is -0.495 e. The van der Waals surface area contributed by atoms with Crippen molar-refractivity contribution in [2.45, 2.75) is 23.9 Å². The zero-order chi connectivity index (χ0) is 20.9. The highest BCUT2D eigenvalue weighted by Crippen LogP contribution is 2.37. The molecule has 1 unspecified atom stereocenters. The number of amides is 1. The summed E-state index contributed by atoms with van der Waals surface area (Å²) < 4.78 is 11.3. The van der Waals surface area contributed by atoms with Crippen molar-refractivity contribution in [2.75, 3.05) is 19.0 Å². The molecular formula is C24H24N2O3S. The van der Waals surface area contributed by atoms with Crippen LogP contribution >= 0.6 is 12.6 Å². The highest BCUT2D eigenvalue weighted by molar-refractivity contribution is 7.80. The van der Waals surface area contributed by atoms with Crippen molar-refractivity contribution in [3.05, 3.63) is 83.4 Å². The fraction of sp³-hybridized carbons (Fsp3) is 0.208. The SMILES string of the molecule is COc1ccccc1NC1CCOc2cc(C(=O)NCc3ccc(S)cc3)ccc21. The second kappa shape index (κ2) is 9.13. The van der Waals surface area contributed by atoms with Gasteiger partial charge in [0.1, 0.15) is 11.5 Å². The number of rotatable bonds is 6. The van der Waals surface area contributed by atoms with E-state index in [4.69, 9.17) is 9.47 Å². The first kappa shape index (κ1) is 20.2. The molecule has 0 fully saturated rings. The number of thiol groups is 1. The number of benzene rings is 3. The van der Waals surface area contributed by atoms with Crippen LogP contribution in [0.3, 0.4) is 0 Å². The van der Waals surface area contributed by atoms with Crippen LogP contribution in [-0.4, -0.2) is 19.6 Å². The molecule has 0 saturated carbocycles. The van der Waals surface area contributed by atoms with E-state index in [0.29, 0.717) is 18.7 Å². The third kappa shape index (κ3) is 4.54. The Morgan fingerprint density at radius 1 is 1.13 bits per heavy atom. The van der Waals surface area contributed by atoms with Gasteiger partial charge in [0.05, 0.1) is 25.4 Å². The molecule has 6 heteroatoms.